The van der Waals surface area contributed by atoms with Gasteiger partial charge in [-0.1, -0.05) is 0 Å². The minimum absolute atomic E-state index is 0.0120. The molecule has 1 heterocycles. The highest BCUT2D eigenvalue weighted by atomic mass is 19.2. The maximum absolute atomic E-state index is 13.2. The summed E-state index contributed by atoms with van der Waals surface area (Å²) in [5, 5.41) is 2.80. The molecule has 0 bridgehead atoms. The molecule has 1 saturated heterocycles. The van der Waals surface area contributed by atoms with E-state index in [9.17, 15) is 13.2 Å². The molecule has 1 aromatic rings. The maximum atomic E-state index is 13.2. The van der Waals surface area contributed by atoms with E-state index in [1.54, 1.807) is 6.92 Å². The van der Waals surface area contributed by atoms with E-state index >= 15 is 0 Å². The Labute approximate surface area is 96.5 Å². The first-order valence-corrected chi connectivity index (χ1v) is 5.21. The van der Waals surface area contributed by atoms with Crippen LogP contribution in [0.2, 0.25) is 0 Å². The van der Waals surface area contributed by atoms with Crippen molar-refractivity contribution in [2.24, 2.45) is 0 Å². The van der Waals surface area contributed by atoms with E-state index in [1.807, 2.05) is 0 Å². The Bertz CT molecular complexity index is 408. The van der Waals surface area contributed by atoms with Crippen molar-refractivity contribution in [2.45, 2.75) is 26.0 Å². The van der Waals surface area contributed by atoms with Gasteiger partial charge in [-0.15, -0.1) is 0 Å². The van der Waals surface area contributed by atoms with Crippen molar-refractivity contribution in [1.82, 2.24) is 5.32 Å². The van der Waals surface area contributed by atoms with Crippen LogP contribution < -0.4 is 5.32 Å². The third-order valence-electron chi connectivity index (χ3n) is 2.38. The summed E-state index contributed by atoms with van der Waals surface area (Å²) < 4.78 is 49.2. The zero-order chi connectivity index (χ0) is 12.4. The molecule has 0 amide bonds. The van der Waals surface area contributed by atoms with Gasteiger partial charge in [0.15, 0.2) is 24.2 Å². The highest BCUT2D eigenvalue weighted by Gasteiger charge is 2.26. The molecular formula is C11H12F3NO2. The first-order valence-electron chi connectivity index (χ1n) is 5.21. The van der Waals surface area contributed by atoms with Gasteiger partial charge >= 0.3 is 0 Å². The van der Waals surface area contributed by atoms with Crippen LogP contribution in [0.4, 0.5) is 13.2 Å². The summed E-state index contributed by atoms with van der Waals surface area (Å²) in [5.41, 5.74) is -0.0603. The second kappa shape index (κ2) is 5.03. The van der Waals surface area contributed by atoms with Gasteiger partial charge in [0, 0.05) is 24.7 Å². The Balaban J connectivity index is 1.86. The first kappa shape index (κ1) is 12.3. The molecule has 0 spiro atoms. The maximum Gasteiger partial charge on any atom is 0.176 e. The number of hydrogen-bond acceptors (Lipinski definition) is 3. The lowest BCUT2D eigenvalue weighted by atomic mass is 10.2. The predicted octanol–water partition coefficient (Wildman–Crippen LogP) is 1.91. The molecule has 3 nitrogen and oxygen atoms in total. The minimum atomic E-state index is -1.19. The van der Waals surface area contributed by atoms with Crippen molar-refractivity contribution >= 4 is 0 Å². The Morgan fingerprint density at radius 2 is 1.94 bits per heavy atom. The molecule has 2 rings (SSSR count). The van der Waals surface area contributed by atoms with Crippen molar-refractivity contribution in [2.75, 3.05) is 6.54 Å². The van der Waals surface area contributed by atoms with Crippen LogP contribution in [-0.2, 0) is 16.0 Å². The molecular weight excluding hydrogens is 235 g/mol. The molecule has 1 aliphatic heterocycles. The molecule has 0 atom stereocenters. The smallest absolute Gasteiger partial charge is 0.176 e. The molecule has 1 aliphatic rings. The van der Waals surface area contributed by atoms with E-state index in [1.165, 1.54) is 0 Å². The van der Waals surface area contributed by atoms with E-state index in [4.69, 9.17) is 9.47 Å². The highest BCUT2D eigenvalue weighted by molar-refractivity contribution is 5.20. The lowest BCUT2D eigenvalue weighted by Gasteiger charge is -2.33. The van der Waals surface area contributed by atoms with Crippen molar-refractivity contribution in [3.63, 3.8) is 0 Å². The van der Waals surface area contributed by atoms with Crippen LogP contribution in [-0.4, -0.2) is 19.1 Å². The number of halogens is 3. The van der Waals surface area contributed by atoms with Crippen LogP contribution in [0.15, 0.2) is 12.1 Å². The van der Waals surface area contributed by atoms with Gasteiger partial charge in [0.05, 0.1) is 0 Å². The molecule has 0 aromatic heterocycles. The number of hydrogen-bond donors (Lipinski definition) is 1. The summed E-state index contributed by atoms with van der Waals surface area (Å²) >= 11 is 0. The standard InChI is InChI=1S/C11H12F3NO2/c1-6-16-10(17-6)5-15-4-7-2-8(12)3-9(13)11(7)14/h2-3,6,10,15H,4-5H2,1H3. The van der Waals surface area contributed by atoms with Crippen LogP contribution in [0, 0.1) is 17.5 Å². The van der Waals surface area contributed by atoms with Gasteiger partial charge in [-0.3, -0.25) is 0 Å². The molecule has 1 aromatic carbocycles. The normalized spacial score (nSPS) is 23.5. The first-order chi connectivity index (χ1) is 8.06. The van der Waals surface area contributed by atoms with Crippen molar-refractivity contribution < 1.29 is 22.6 Å². The van der Waals surface area contributed by atoms with E-state index in [-0.39, 0.29) is 24.7 Å². The fourth-order valence-corrected chi connectivity index (χ4v) is 1.60. The van der Waals surface area contributed by atoms with Gasteiger partial charge in [0.1, 0.15) is 5.82 Å². The number of rotatable bonds is 4. The molecule has 17 heavy (non-hydrogen) atoms. The molecule has 1 N–H and O–H groups in total. The predicted molar refractivity (Wildman–Crippen MR) is 53.4 cm³/mol. The molecule has 0 aliphatic carbocycles. The average molecular weight is 247 g/mol. The molecule has 94 valence electrons. The van der Waals surface area contributed by atoms with Gasteiger partial charge in [-0.05, 0) is 13.0 Å². The summed E-state index contributed by atoms with van der Waals surface area (Å²) in [5.74, 6) is -3.03. The molecule has 1 fully saturated rings. The van der Waals surface area contributed by atoms with Gasteiger partial charge in [0.25, 0.3) is 0 Å². The Morgan fingerprint density at radius 3 is 2.59 bits per heavy atom. The number of nitrogens with one attached hydrogen (secondary N) is 1. The molecule has 0 radical (unpaired) electrons. The zero-order valence-electron chi connectivity index (χ0n) is 9.17. The average Bonchev–Trinajstić information content (AvgIpc) is 2.22. The topological polar surface area (TPSA) is 30.5 Å². The zero-order valence-corrected chi connectivity index (χ0v) is 9.17. The molecule has 6 heteroatoms. The number of ether oxygens (including phenoxy) is 2. The van der Waals surface area contributed by atoms with Crippen LogP contribution >= 0.6 is 0 Å². The SMILES string of the molecule is CC1OC(CNCc2cc(F)cc(F)c2F)O1. The van der Waals surface area contributed by atoms with Crippen LogP contribution in [0.25, 0.3) is 0 Å². The second-order valence-electron chi connectivity index (χ2n) is 3.76. The van der Waals surface area contributed by atoms with Crippen molar-refractivity contribution in [3.05, 3.63) is 35.1 Å². The van der Waals surface area contributed by atoms with E-state index < -0.39 is 17.5 Å². The van der Waals surface area contributed by atoms with Crippen LogP contribution in [0.3, 0.4) is 0 Å². The fraction of sp³-hybridized carbons (Fsp3) is 0.455. The van der Waals surface area contributed by atoms with E-state index in [0.29, 0.717) is 12.6 Å². The fourth-order valence-electron chi connectivity index (χ4n) is 1.60. The summed E-state index contributed by atoms with van der Waals surface area (Å²) in [6, 6.07) is 1.47. The van der Waals surface area contributed by atoms with Gasteiger partial charge in [-0.2, -0.15) is 0 Å². The van der Waals surface area contributed by atoms with Crippen molar-refractivity contribution in [3.8, 4) is 0 Å². The van der Waals surface area contributed by atoms with Gasteiger partial charge in [0.2, 0.25) is 0 Å². The highest BCUT2D eigenvalue weighted by Crippen LogP contribution is 2.16. The Kier molecular flexibility index (Phi) is 3.66. The number of benzene rings is 1. The molecule has 0 saturated carbocycles. The molecule has 0 unspecified atom stereocenters. The summed E-state index contributed by atoms with van der Waals surface area (Å²) in [7, 11) is 0. The third-order valence-corrected chi connectivity index (χ3v) is 2.38. The van der Waals surface area contributed by atoms with Crippen LogP contribution in [0.1, 0.15) is 12.5 Å². The summed E-state index contributed by atoms with van der Waals surface area (Å²) in [6.07, 6.45) is -0.614. The second-order valence-corrected chi connectivity index (χ2v) is 3.76. The Hall–Kier alpha value is -1.11. The lowest BCUT2D eigenvalue weighted by molar-refractivity contribution is -0.372. The quantitative estimate of drug-likeness (QED) is 0.824. The Morgan fingerprint density at radius 1 is 1.24 bits per heavy atom. The minimum Gasteiger partial charge on any atom is -0.323 e. The largest absolute Gasteiger partial charge is 0.323 e. The van der Waals surface area contributed by atoms with Crippen LogP contribution in [0.5, 0.6) is 0 Å². The van der Waals surface area contributed by atoms with Gasteiger partial charge in [-0.25, -0.2) is 13.2 Å². The summed E-state index contributed by atoms with van der Waals surface area (Å²) in [6.45, 7) is 2.10. The van der Waals surface area contributed by atoms with Crippen molar-refractivity contribution in [1.29, 1.82) is 0 Å². The monoisotopic (exact) mass is 247 g/mol. The van der Waals surface area contributed by atoms with E-state index in [0.717, 1.165) is 6.07 Å². The summed E-state index contributed by atoms with van der Waals surface area (Å²) in [4.78, 5) is 0. The van der Waals surface area contributed by atoms with Gasteiger partial charge < -0.3 is 14.8 Å². The lowest BCUT2D eigenvalue weighted by Crippen LogP contribution is -2.45. The third kappa shape index (κ3) is 2.96. The van der Waals surface area contributed by atoms with E-state index in [2.05, 4.69) is 5.32 Å².